The molecule has 18 heavy (non-hydrogen) atoms. The number of nitrogens with zero attached hydrogens (tertiary/aromatic N) is 1. The van der Waals surface area contributed by atoms with Crippen LogP contribution in [0.2, 0.25) is 0 Å². The fourth-order valence-electron chi connectivity index (χ4n) is 3.06. The Morgan fingerprint density at radius 2 is 1.94 bits per heavy atom. The van der Waals surface area contributed by atoms with Crippen molar-refractivity contribution < 1.29 is 5.11 Å². The quantitative estimate of drug-likeness (QED) is 0.886. The summed E-state index contributed by atoms with van der Waals surface area (Å²) in [5, 5.41) is 10.5. The predicted molar refractivity (Wildman–Crippen MR) is 77.7 cm³/mol. The minimum atomic E-state index is 0.353. The topological polar surface area (TPSA) is 25.2 Å². The molecule has 1 fully saturated rings. The molecule has 0 atom stereocenters. The van der Waals surface area contributed by atoms with Gasteiger partial charge in [-0.1, -0.05) is 15.9 Å². The normalized spacial score (nSPS) is 24.6. The molecule has 0 saturated heterocycles. The van der Waals surface area contributed by atoms with Crippen LogP contribution in [0.5, 0.6) is 0 Å². The third-order valence-corrected chi connectivity index (χ3v) is 4.64. The van der Waals surface area contributed by atoms with E-state index in [0.29, 0.717) is 18.6 Å². The van der Waals surface area contributed by atoms with E-state index in [1.807, 2.05) is 0 Å². The van der Waals surface area contributed by atoms with Crippen LogP contribution in [-0.4, -0.2) is 16.3 Å². The van der Waals surface area contributed by atoms with Gasteiger partial charge in [-0.15, -0.1) is 0 Å². The van der Waals surface area contributed by atoms with Gasteiger partial charge < -0.3 is 9.67 Å². The number of aliphatic hydroxyl groups excluding tert-OH is 1. The van der Waals surface area contributed by atoms with Crippen LogP contribution in [0.1, 0.15) is 31.7 Å². The van der Waals surface area contributed by atoms with Crippen LogP contribution in [0.15, 0.2) is 34.9 Å². The number of fused-ring (bicyclic) bond motifs is 1. The van der Waals surface area contributed by atoms with E-state index in [9.17, 15) is 5.11 Å². The van der Waals surface area contributed by atoms with Gasteiger partial charge in [0.25, 0.3) is 0 Å². The lowest BCUT2D eigenvalue weighted by molar-refractivity contribution is 0.170. The molecule has 1 N–H and O–H groups in total. The van der Waals surface area contributed by atoms with Crippen molar-refractivity contribution in [3.63, 3.8) is 0 Å². The third-order valence-electron chi connectivity index (χ3n) is 4.15. The summed E-state index contributed by atoms with van der Waals surface area (Å²) in [4.78, 5) is 0. The zero-order valence-electron chi connectivity index (χ0n) is 10.3. The number of benzene rings is 1. The zero-order valence-corrected chi connectivity index (χ0v) is 11.9. The van der Waals surface area contributed by atoms with E-state index in [2.05, 4.69) is 51.0 Å². The second-order valence-electron chi connectivity index (χ2n) is 5.28. The van der Waals surface area contributed by atoms with Gasteiger partial charge in [-0.25, -0.2) is 0 Å². The van der Waals surface area contributed by atoms with Crippen molar-refractivity contribution >= 4 is 26.8 Å². The molecule has 3 heteroatoms. The molecule has 0 unspecified atom stereocenters. The first kappa shape index (κ1) is 12.2. The minimum Gasteiger partial charge on any atom is -0.396 e. The summed E-state index contributed by atoms with van der Waals surface area (Å²) in [7, 11) is 0. The fourth-order valence-corrected chi connectivity index (χ4v) is 3.44. The first-order valence-corrected chi connectivity index (χ1v) is 7.44. The lowest BCUT2D eigenvalue weighted by Gasteiger charge is -2.29. The van der Waals surface area contributed by atoms with Crippen molar-refractivity contribution in [3.8, 4) is 0 Å². The Labute approximate surface area is 116 Å². The van der Waals surface area contributed by atoms with Crippen LogP contribution in [0.4, 0.5) is 0 Å². The molecule has 2 nitrogen and oxygen atoms in total. The summed E-state index contributed by atoms with van der Waals surface area (Å²) >= 11 is 3.52. The second-order valence-corrected chi connectivity index (χ2v) is 6.20. The highest BCUT2D eigenvalue weighted by Gasteiger charge is 2.22. The lowest BCUT2D eigenvalue weighted by atomic mass is 9.86. The molecular weight excluding hydrogens is 290 g/mol. The highest BCUT2D eigenvalue weighted by Crippen LogP contribution is 2.34. The van der Waals surface area contributed by atoms with Crippen molar-refractivity contribution in [2.45, 2.75) is 31.7 Å². The third kappa shape index (κ3) is 2.21. The summed E-state index contributed by atoms with van der Waals surface area (Å²) in [6.07, 6.45) is 6.88. The molecule has 3 rings (SSSR count). The molecule has 0 spiro atoms. The maximum atomic E-state index is 9.20. The average Bonchev–Trinajstić information content (AvgIpc) is 2.81. The molecule has 1 aromatic carbocycles. The van der Waals surface area contributed by atoms with Crippen molar-refractivity contribution in [2.75, 3.05) is 6.61 Å². The summed E-state index contributed by atoms with van der Waals surface area (Å²) < 4.78 is 3.55. The number of hydrogen-bond donors (Lipinski definition) is 1. The van der Waals surface area contributed by atoms with E-state index < -0.39 is 0 Å². The molecular formula is C15H18BrNO. The molecule has 0 radical (unpaired) electrons. The van der Waals surface area contributed by atoms with Gasteiger partial charge in [0, 0.05) is 34.2 Å². The van der Waals surface area contributed by atoms with Gasteiger partial charge in [0.2, 0.25) is 0 Å². The van der Waals surface area contributed by atoms with Gasteiger partial charge in [0.15, 0.2) is 0 Å². The number of hydrogen-bond acceptors (Lipinski definition) is 1. The smallest absolute Gasteiger partial charge is 0.0483 e. The van der Waals surface area contributed by atoms with Gasteiger partial charge in [-0.05, 0) is 55.9 Å². The molecule has 1 aliphatic rings. The Morgan fingerprint density at radius 3 is 2.67 bits per heavy atom. The number of rotatable bonds is 2. The molecule has 96 valence electrons. The fraction of sp³-hybridized carbons (Fsp3) is 0.467. The number of aromatic nitrogens is 1. The molecule has 1 aromatic heterocycles. The molecule has 0 aliphatic heterocycles. The Kier molecular flexibility index (Phi) is 3.44. The van der Waals surface area contributed by atoms with E-state index in [1.165, 1.54) is 23.7 Å². The van der Waals surface area contributed by atoms with Crippen LogP contribution in [-0.2, 0) is 0 Å². The molecule has 0 amide bonds. The summed E-state index contributed by atoms with van der Waals surface area (Å²) in [5.41, 5.74) is 1.32. The van der Waals surface area contributed by atoms with Gasteiger partial charge >= 0.3 is 0 Å². The standard InChI is InChI=1S/C15H18BrNO/c16-13-3-6-15-12(9-13)7-8-17(15)14-4-1-11(10-18)2-5-14/h3,6-9,11,14,18H,1-2,4-5,10H2. The Morgan fingerprint density at radius 1 is 1.17 bits per heavy atom. The highest BCUT2D eigenvalue weighted by atomic mass is 79.9. The van der Waals surface area contributed by atoms with Crippen LogP contribution in [0.3, 0.4) is 0 Å². The second kappa shape index (κ2) is 5.06. The zero-order chi connectivity index (χ0) is 12.5. The molecule has 1 aliphatic carbocycles. The molecule has 2 aromatic rings. The average molecular weight is 308 g/mol. The highest BCUT2D eigenvalue weighted by molar-refractivity contribution is 9.10. The van der Waals surface area contributed by atoms with E-state index in [0.717, 1.165) is 17.3 Å². The Bertz CT molecular complexity index is 540. The summed E-state index contributed by atoms with van der Waals surface area (Å²) in [6.45, 7) is 0.353. The van der Waals surface area contributed by atoms with Crippen LogP contribution in [0.25, 0.3) is 10.9 Å². The Balaban J connectivity index is 1.87. The van der Waals surface area contributed by atoms with Crippen LogP contribution >= 0.6 is 15.9 Å². The molecule has 1 heterocycles. The van der Waals surface area contributed by atoms with Gasteiger partial charge in [-0.3, -0.25) is 0 Å². The van der Waals surface area contributed by atoms with Gasteiger partial charge in [0.05, 0.1) is 0 Å². The van der Waals surface area contributed by atoms with Gasteiger partial charge in [-0.2, -0.15) is 0 Å². The van der Waals surface area contributed by atoms with Crippen LogP contribution in [0, 0.1) is 5.92 Å². The maximum absolute atomic E-state index is 9.20. The lowest BCUT2D eigenvalue weighted by Crippen LogP contribution is -2.19. The van der Waals surface area contributed by atoms with E-state index in [4.69, 9.17) is 0 Å². The van der Waals surface area contributed by atoms with Crippen molar-refractivity contribution in [2.24, 2.45) is 5.92 Å². The van der Waals surface area contributed by atoms with Crippen molar-refractivity contribution in [1.29, 1.82) is 0 Å². The van der Waals surface area contributed by atoms with Crippen LogP contribution < -0.4 is 0 Å². The van der Waals surface area contributed by atoms with Gasteiger partial charge in [0.1, 0.15) is 0 Å². The monoisotopic (exact) mass is 307 g/mol. The number of halogens is 1. The maximum Gasteiger partial charge on any atom is 0.0483 e. The Hall–Kier alpha value is -0.800. The predicted octanol–water partition coefficient (Wildman–Crippen LogP) is 4.13. The number of aliphatic hydroxyl groups is 1. The van der Waals surface area contributed by atoms with E-state index in [1.54, 1.807) is 0 Å². The summed E-state index contributed by atoms with van der Waals surface area (Å²) in [5.74, 6) is 0.525. The SMILES string of the molecule is OCC1CCC(n2ccc3cc(Br)ccc32)CC1. The molecule has 1 saturated carbocycles. The minimum absolute atomic E-state index is 0.353. The van der Waals surface area contributed by atoms with E-state index >= 15 is 0 Å². The largest absolute Gasteiger partial charge is 0.396 e. The van der Waals surface area contributed by atoms with Crippen molar-refractivity contribution in [1.82, 2.24) is 4.57 Å². The molecule has 0 bridgehead atoms. The van der Waals surface area contributed by atoms with Crippen molar-refractivity contribution in [3.05, 3.63) is 34.9 Å². The summed E-state index contributed by atoms with van der Waals surface area (Å²) in [6, 6.07) is 9.27. The van der Waals surface area contributed by atoms with E-state index in [-0.39, 0.29) is 0 Å². The first-order valence-electron chi connectivity index (χ1n) is 6.65. The first-order chi connectivity index (χ1) is 8.78.